The fraction of sp³-hybridized carbons (Fsp3) is 0.842. The number of rotatable bonds is 14. The molecule has 1 atom stereocenters. The molecule has 0 aromatic carbocycles. The summed E-state index contributed by atoms with van der Waals surface area (Å²) in [6.07, 6.45) is 5.19. The molecule has 0 aromatic heterocycles. The zero-order valence-electron chi connectivity index (χ0n) is 16.3. The lowest BCUT2D eigenvalue weighted by atomic mass is 10.0. The van der Waals surface area contributed by atoms with E-state index in [1.807, 2.05) is 13.8 Å². The number of carboxylic acid groups (broad SMARTS) is 1. The van der Waals surface area contributed by atoms with Gasteiger partial charge in [-0.3, -0.25) is 14.4 Å². The van der Waals surface area contributed by atoms with Crippen molar-refractivity contribution in [1.82, 2.24) is 10.2 Å². The van der Waals surface area contributed by atoms with Gasteiger partial charge in [-0.15, -0.1) is 0 Å². The maximum Gasteiger partial charge on any atom is 0.303 e. The van der Waals surface area contributed by atoms with Crippen molar-refractivity contribution in [3.8, 4) is 0 Å². The van der Waals surface area contributed by atoms with Gasteiger partial charge in [0.1, 0.15) is 6.04 Å². The minimum Gasteiger partial charge on any atom is -0.481 e. The average Bonchev–Trinajstić information content (AvgIpc) is 2.59. The Balaban J connectivity index is 5.13. The molecule has 2 N–H and O–H groups in total. The second kappa shape index (κ2) is 13.7. The molecular formula is C19H36N2O4. The van der Waals surface area contributed by atoms with Gasteiger partial charge in [0.2, 0.25) is 11.8 Å². The lowest BCUT2D eigenvalue weighted by Gasteiger charge is -2.28. The SMILES string of the molecule is CCCCN(CCCC)C(=O)[C@H](CCC(=O)O)NC(=O)C(CC)CC. The largest absolute Gasteiger partial charge is 0.481 e. The molecule has 6 heteroatoms. The van der Waals surface area contributed by atoms with Crippen LogP contribution in [-0.4, -0.2) is 46.9 Å². The summed E-state index contributed by atoms with van der Waals surface area (Å²) in [5.41, 5.74) is 0. The Labute approximate surface area is 152 Å². The molecule has 0 aliphatic rings. The highest BCUT2D eigenvalue weighted by Gasteiger charge is 2.27. The highest BCUT2D eigenvalue weighted by atomic mass is 16.4. The first-order chi connectivity index (χ1) is 11.9. The third kappa shape index (κ3) is 9.46. The lowest BCUT2D eigenvalue weighted by molar-refractivity contribution is -0.140. The van der Waals surface area contributed by atoms with Crippen LogP contribution < -0.4 is 5.32 Å². The van der Waals surface area contributed by atoms with Crippen molar-refractivity contribution in [2.45, 2.75) is 85.1 Å². The third-order valence-corrected chi connectivity index (χ3v) is 4.49. The Kier molecular flexibility index (Phi) is 12.8. The first kappa shape index (κ1) is 23.4. The Bertz CT molecular complexity index is 400. The normalized spacial score (nSPS) is 12.0. The van der Waals surface area contributed by atoms with Crippen LogP contribution in [0.3, 0.4) is 0 Å². The van der Waals surface area contributed by atoms with E-state index in [0.717, 1.165) is 25.7 Å². The van der Waals surface area contributed by atoms with Gasteiger partial charge in [-0.25, -0.2) is 0 Å². The van der Waals surface area contributed by atoms with E-state index in [-0.39, 0.29) is 30.6 Å². The van der Waals surface area contributed by atoms with Crippen LogP contribution in [0.1, 0.15) is 79.1 Å². The third-order valence-electron chi connectivity index (χ3n) is 4.49. The number of aliphatic carboxylic acids is 1. The number of unbranched alkanes of at least 4 members (excludes halogenated alkanes) is 2. The molecule has 0 fully saturated rings. The quantitative estimate of drug-likeness (QED) is 0.500. The molecule has 2 amide bonds. The number of hydrogen-bond donors (Lipinski definition) is 2. The predicted octanol–water partition coefficient (Wildman–Crippen LogP) is 3.20. The maximum atomic E-state index is 12.9. The van der Waals surface area contributed by atoms with E-state index in [9.17, 15) is 14.4 Å². The number of nitrogens with one attached hydrogen (secondary N) is 1. The minimum atomic E-state index is -0.955. The summed E-state index contributed by atoms with van der Waals surface area (Å²) in [6, 6.07) is -0.752. The van der Waals surface area contributed by atoms with Crippen LogP contribution in [-0.2, 0) is 14.4 Å². The Hall–Kier alpha value is -1.59. The number of carbonyl (C=O) groups excluding carboxylic acids is 2. The molecule has 0 saturated carbocycles. The van der Waals surface area contributed by atoms with Gasteiger partial charge < -0.3 is 15.3 Å². The van der Waals surface area contributed by atoms with E-state index in [1.165, 1.54) is 0 Å². The Morgan fingerprint density at radius 3 is 1.88 bits per heavy atom. The molecule has 25 heavy (non-hydrogen) atoms. The van der Waals surface area contributed by atoms with Gasteiger partial charge in [-0.05, 0) is 32.1 Å². The molecule has 0 bridgehead atoms. The lowest BCUT2D eigenvalue weighted by Crippen LogP contribution is -2.50. The molecule has 0 radical (unpaired) electrons. The van der Waals surface area contributed by atoms with Crippen molar-refractivity contribution in [3.63, 3.8) is 0 Å². The number of nitrogens with zero attached hydrogens (tertiary/aromatic N) is 1. The first-order valence-corrected chi connectivity index (χ1v) is 9.71. The summed E-state index contributed by atoms with van der Waals surface area (Å²) in [5, 5.41) is 11.8. The summed E-state index contributed by atoms with van der Waals surface area (Å²) in [6.45, 7) is 9.32. The maximum absolute atomic E-state index is 12.9. The van der Waals surface area contributed by atoms with Crippen LogP contribution >= 0.6 is 0 Å². The molecule has 0 unspecified atom stereocenters. The second-order valence-electron chi connectivity index (χ2n) is 6.54. The number of carboxylic acids is 1. The van der Waals surface area contributed by atoms with Gasteiger partial charge in [-0.1, -0.05) is 40.5 Å². The van der Waals surface area contributed by atoms with E-state index in [1.54, 1.807) is 4.90 Å². The Morgan fingerprint density at radius 2 is 1.48 bits per heavy atom. The van der Waals surface area contributed by atoms with Crippen molar-refractivity contribution >= 4 is 17.8 Å². The first-order valence-electron chi connectivity index (χ1n) is 9.71. The van der Waals surface area contributed by atoms with Crippen molar-refractivity contribution in [1.29, 1.82) is 0 Å². The molecule has 0 saturated heterocycles. The fourth-order valence-corrected chi connectivity index (χ4v) is 2.72. The highest BCUT2D eigenvalue weighted by molar-refractivity contribution is 5.88. The van der Waals surface area contributed by atoms with E-state index < -0.39 is 12.0 Å². The van der Waals surface area contributed by atoms with Crippen molar-refractivity contribution in [2.75, 3.05) is 13.1 Å². The summed E-state index contributed by atoms with van der Waals surface area (Å²) in [7, 11) is 0. The molecule has 0 rings (SSSR count). The monoisotopic (exact) mass is 356 g/mol. The van der Waals surface area contributed by atoms with Crippen LogP contribution in [0.4, 0.5) is 0 Å². The fourth-order valence-electron chi connectivity index (χ4n) is 2.72. The summed E-state index contributed by atoms with van der Waals surface area (Å²) >= 11 is 0. The van der Waals surface area contributed by atoms with Gasteiger partial charge >= 0.3 is 5.97 Å². The standard InChI is InChI=1S/C19H36N2O4/c1-5-9-13-21(14-10-6-2)19(25)16(11-12-17(22)23)20-18(24)15(7-3)8-4/h15-16H,5-14H2,1-4H3,(H,20,24)(H,22,23)/t16-/m0/s1. The van der Waals surface area contributed by atoms with Crippen LogP contribution in [0.25, 0.3) is 0 Å². The smallest absolute Gasteiger partial charge is 0.303 e. The van der Waals surface area contributed by atoms with Gasteiger partial charge in [-0.2, -0.15) is 0 Å². The van der Waals surface area contributed by atoms with E-state index >= 15 is 0 Å². The Morgan fingerprint density at radius 1 is 0.960 bits per heavy atom. The van der Waals surface area contributed by atoms with Gasteiger partial charge in [0, 0.05) is 25.4 Å². The second-order valence-corrected chi connectivity index (χ2v) is 6.54. The van der Waals surface area contributed by atoms with Crippen molar-refractivity contribution < 1.29 is 19.5 Å². The van der Waals surface area contributed by atoms with E-state index in [2.05, 4.69) is 19.2 Å². The molecule has 6 nitrogen and oxygen atoms in total. The van der Waals surface area contributed by atoms with E-state index in [0.29, 0.717) is 25.9 Å². The van der Waals surface area contributed by atoms with Gasteiger partial charge in [0.15, 0.2) is 0 Å². The molecular weight excluding hydrogens is 320 g/mol. The molecule has 0 heterocycles. The van der Waals surface area contributed by atoms with Crippen LogP contribution in [0.15, 0.2) is 0 Å². The summed E-state index contributed by atoms with van der Waals surface area (Å²) in [5.74, 6) is -1.40. The zero-order chi connectivity index (χ0) is 19.2. The number of hydrogen-bond acceptors (Lipinski definition) is 3. The van der Waals surface area contributed by atoms with Crippen molar-refractivity contribution in [3.05, 3.63) is 0 Å². The topological polar surface area (TPSA) is 86.7 Å². The molecule has 146 valence electrons. The molecule has 0 aromatic rings. The number of carbonyl (C=O) groups is 3. The summed E-state index contributed by atoms with van der Waals surface area (Å²) < 4.78 is 0. The van der Waals surface area contributed by atoms with Crippen LogP contribution in [0.2, 0.25) is 0 Å². The zero-order valence-corrected chi connectivity index (χ0v) is 16.3. The van der Waals surface area contributed by atoms with Crippen LogP contribution in [0, 0.1) is 5.92 Å². The molecule has 0 aliphatic heterocycles. The molecule has 0 spiro atoms. The van der Waals surface area contributed by atoms with Gasteiger partial charge in [0.05, 0.1) is 0 Å². The van der Waals surface area contributed by atoms with Crippen LogP contribution in [0.5, 0.6) is 0 Å². The van der Waals surface area contributed by atoms with Gasteiger partial charge in [0.25, 0.3) is 0 Å². The van der Waals surface area contributed by atoms with Crippen molar-refractivity contribution in [2.24, 2.45) is 5.92 Å². The predicted molar refractivity (Wildman–Crippen MR) is 99.3 cm³/mol. The summed E-state index contributed by atoms with van der Waals surface area (Å²) in [4.78, 5) is 38.0. The molecule has 0 aliphatic carbocycles. The minimum absolute atomic E-state index is 0.130. The highest BCUT2D eigenvalue weighted by Crippen LogP contribution is 2.11. The number of amides is 2. The average molecular weight is 357 g/mol. The van der Waals surface area contributed by atoms with E-state index in [4.69, 9.17) is 5.11 Å².